The van der Waals surface area contributed by atoms with Crippen molar-refractivity contribution in [2.24, 2.45) is 0 Å². The van der Waals surface area contributed by atoms with Gasteiger partial charge >= 0.3 is 0 Å². The fraction of sp³-hybridized carbons (Fsp3) is 0.489. The number of piperazine rings is 1. The first kappa shape index (κ1) is 50.8. The van der Waals surface area contributed by atoms with Crippen molar-refractivity contribution < 1.29 is 48.0 Å². The molecule has 21 nitrogen and oxygen atoms in total. The van der Waals surface area contributed by atoms with Gasteiger partial charge in [0.2, 0.25) is 11.7 Å². The Bertz CT molecular complexity index is 2410. The van der Waals surface area contributed by atoms with Crippen molar-refractivity contribution in [3.05, 3.63) is 71.6 Å². The number of amides is 3. The molecule has 0 unspecified atom stereocenters. The summed E-state index contributed by atoms with van der Waals surface area (Å²) in [6, 6.07) is 10.4. The highest BCUT2D eigenvalue weighted by Crippen LogP contribution is 2.33. The van der Waals surface area contributed by atoms with Crippen molar-refractivity contribution in [2.75, 3.05) is 125 Å². The predicted molar refractivity (Wildman–Crippen MR) is 248 cm³/mol. The molecule has 6 rings (SSSR count). The smallest absolute Gasteiger partial charge is 0.295 e. The molecule has 0 saturated carbocycles. The van der Waals surface area contributed by atoms with E-state index in [0.29, 0.717) is 83.1 Å². The van der Waals surface area contributed by atoms with Crippen LogP contribution in [0.3, 0.4) is 0 Å². The van der Waals surface area contributed by atoms with Crippen LogP contribution >= 0.6 is 0 Å². The van der Waals surface area contributed by atoms with Gasteiger partial charge in [0.05, 0.1) is 94.3 Å². The lowest BCUT2D eigenvalue weighted by Crippen LogP contribution is -2.50. The molecule has 0 spiro atoms. The summed E-state index contributed by atoms with van der Waals surface area (Å²) in [5.74, 6) is -0.348. The molecule has 2 aliphatic rings. The van der Waals surface area contributed by atoms with Crippen molar-refractivity contribution in [3.8, 4) is 30.0 Å². The molecule has 0 radical (unpaired) electrons. The van der Waals surface area contributed by atoms with Gasteiger partial charge in [0, 0.05) is 58.6 Å². The minimum absolute atomic E-state index is 0.0564. The first-order valence-electron chi connectivity index (χ1n) is 22.6. The van der Waals surface area contributed by atoms with Gasteiger partial charge in [-0.05, 0) is 36.9 Å². The quantitative estimate of drug-likeness (QED) is 0.0224. The number of hydrogen-bond donors (Lipinski definition) is 4. The molecule has 2 saturated heterocycles. The lowest BCUT2D eigenvalue weighted by Gasteiger charge is -2.34. The first-order valence-corrected chi connectivity index (χ1v) is 22.6. The second-order valence-electron chi connectivity index (χ2n) is 15.8. The highest BCUT2D eigenvalue weighted by atomic mass is 16.6. The molecule has 21 heteroatoms. The van der Waals surface area contributed by atoms with E-state index in [2.05, 4.69) is 52.5 Å². The third kappa shape index (κ3) is 14.0. The number of methoxy groups -OCH3 is 1. The van der Waals surface area contributed by atoms with E-state index in [1.54, 1.807) is 0 Å². The summed E-state index contributed by atoms with van der Waals surface area (Å²) in [6.07, 6.45) is 10.7. The molecule has 0 aliphatic carbocycles. The number of aromatic amines is 1. The second-order valence-corrected chi connectivity index (χ2v) is 15.8. The summed E-state index contributed by atoms with van der Waals surface area (Å²) in [5.41, 5.74) is 2.67. The van der Waals surface area contributed by atoms with Gasteiger partial charge in [0.15, 0.2) is 5.82 Å². The van der Waals surface area contributed by atoms with Gasteiger partial charge in [-0.1, -0.05) is 36.3 Å². The zero-order valence-corrected chi connectivity index (χ0v) is 38.3. The predicted octanol–water partition coefficient (Wildman–Crippen LogP) is 0.849. The Morgan fingerprint density at radius 1 is 0.897 bits per heavy atom. The van der Waals surface area contributed by atoms with Crippen LogP contribution in [0.1, 0.15) is 45.8 Å². The molecule has 4 N–H and O–H groups in total. The van der Waals surface area contributed by atoms with E-state index >= 15 is 0 Å². The summed E-state index contributed by atoms with van der Waals surface area (Å²) >= 11 is 0. The average molecular weight is 938 g/mol. The number of carbonyl (C=O) groups excluding carboxylic acids is 4. The SMILES string of the molecule is C#CCOCCOCCOCCOCCN1CCN(CCCNC(=O)[C@H](CO)NC(=O)c2ncn(-c3ncc(OC)c4c(C(=O)C(=O)N5CCC(=C(C#N)c6ccccc6)CC5)c[nH]c34)n2)CC1. The lowest BCUT2D eigenvalue weighted by molar-refractivity contribution is -0.127. The van der Waals surface area contributed by atoms with Crippen LogP contribution in [-0.4, -0.2) is 200 Å². The number of ether oxygens (including phenoxy) is 5. The van der Waals surface area contributed by atoms with E-state index in [1.165, 1.54) is 35.4 Å². The Hall–Kier alpha value is -6.56. The van der Waals surface area contributed by atoms with Crippen molar-refractivity contribution in [3.63, 3.8) is 0 Å². The number of terminal acetylenes is 1. The van der Waals surface area contributed by atoms with Crippen molar-refractivity contribution in [2.45, 2.75) is 25.3 Å². The fourth-order valence-electron chi connectivity index (χ4n) is 7.80. The summed E-state index contributed by atoms with van der Waals surface area (Å²) in [6.45, 7) is 9.27. The second kappa shape index (κ2) is 26.7. The minimum atomic E-state index is -1.25. The van der Waals surface area contributed by atoms with Gasteiger partial charge in [0.25, 0.3) is 17.6 Å². The van der Waals surface area contributed by atoms with Crippen LogP contribution in [0.25, 0.3) is 22.3 Å². The Kier molecular flexibility index (Phi) is 20.0. The number of carbonyl (C=O) groups is 4. The van der Waals surface area contributed by atoms with Gasteiger partial charge < -0.3 is 54.2 Å². The number of H-pyrrole nitrogens is 1. The van der Waals surface area contributed by atoms with E-state index in [0.717, 1.165) is 50.4 Å². The molecule has 5 heterocycles. The fourth-order valence-corrected chi connectivity index (χ4v) is 7.80. The zero-order chi connectivity index (χ0) is 48.1. The van der Waals surface area contributed by atoms with Crippen LogP contribution in [0, 0.1) is 23.7 Å². The number of aliphatic hydroxyl groups excluding tert-OH is 1. The van der Waals surface area contributed by atoms with Gasteiger partial charge in [-0.3, -0.25) is 24.1 Å². The Balaban J connectivity index is 0.912. The van der Waals surface area contributed by atoms with Crippen LogP contribution < -0.4 is 15.4 Å². The largest absolute Gasteiger partial charge is 0.494 e. The van der Waals surface area contributed by atoms with Crippen molar-refractivity contribution in [1.29, 1.82) is 5.26 Å². The molecule has 362 valence electrons. The number of nitriles is 1. The highest BCUT2D eigenvalue weighted by molar-refractivity contribution is 6.45. The molecule has 3 amide bonds. The minimum Gasteiger partial charge on any atom is -0.494 e. The number of allylic oxidation sites excluding steroid dienone is 1. The van der Waals surface area contributed by atoms with Crippen LogP contribution in [0.2, 0.25) is 0 Å². The number of Topliss-reactive ketones (excluding diaryl/α,β-unsaturated/α-hetero) is 1. The summed E-state index contributed by atoms with van der Waals surface area (Å²) < 4.78 is 28.5. The number of likely N-dealkylation sites (tertiary alicyclic amines) is 1. The van der Waals surface area contributed by atoms with Gasteiger partial charge in [-0.2, -0.15) is 9.94 Å². The number of benzene rings is 1. The van der Waals surface area contributed by atoms with E-state index < -0.39 is 36.2 Å². The number of nitrogens with one attached hydrogen (secondary N) is 3. The number of aromatic nitrogens is 5. The summed E-state index contributed by atoms with van der Waals surface area (Å²) in [7, 11) is 1.41. The molecule has 4 aromatic rings. The summed E-state index contributed by atoms with van der Waals surface area (Å²) in [4.78, 5) is 71.2. The van der Waals surface area contributed by atoms with Crippen molar-refractivity contribution >= 4 is 40.0 Å². The van der Waals surface area contributed by atoms with E-state index in [1.807, 2.05) is 30.3 Å². The standard InChI is InChI=1S/C47H59N11O10/c1-3-21-65-23-25-67-27-28-68-26-24-66-22-20-56-18-16-55(17-19-56)13-7-12-49-45(61)38(32-59)53-46(62)43-52-33-58(54-43)44-41-40(39(64-2)31-51-44)37(30-50-41)42(60)47(63)57-14-10-35(11-15-57)36(29-48)34-8-5-4-6-9-34/h1,4-6,8-9,30-31,33,38,50,59H,7,10-28,32H2,2H3,(H,49,61)(H,53,62)/t38-/m0/s1. The molecule has 1 atom stereocenters. The maximum atomic E-state index is 13.8. The molecule has 2 aliphatic heterocycles. The molecule has 68 heavy (non-hydrogen) atoms. The molecule has 2 fully saturated rings. The number of rotatable bonds is 26. The zero-order valence-electron chi connectivity index (χ0n) is 38.3. The van der Waals surface area contributed by atoms with Crippen LogP contribution in [0.15, 0.2) is 54.6 Å². The first-order chi connectivity index (χ1) is 33.3. The molecule has 1 aromatic carbocycles. The van der Waals surface area contributed by atoms with Crippen molar-refractivity contribution in [1.82, 2.24) is 50.1 Å². The maximum Gasteiger partial charge on any atom is 0.295 e. The molecule has 3 aromatic heterocycles. The van der Waals surface area contributed by atoms with Crippen LogP contribution in [0.4, 0.5) is 0 Å². The van der Waals surface area contributed by atoms with E-state index in [4.69, 9.17) is 30.1 Å². The van der Waals surface area contributed by atoms with Gasteiger partial charge in [-0.15, -0.1) is 11.5 Å². The number of hydrogen-bond acceptors (Lipinski definition) is 16. The van der Waals surface area contributed by atoms with Gasteiger partial charge in [-0.25, -0.2) is 9.97 Å². The number of nitrogens with zero attached hydrogens (tertiary/aromatic N) is 8. The Morgan fingerprint density at radius 3 is 2.21 bits per heavy atom. The molecular weight excluding hydrogens is 879 g/mol. The number of fused-ring (bicyclic) bond motifs is 1. The van der Waals surface area contributed by atoms with Crippen LogP contribution in [-0.2, 0) is 28.5 Å². The molecule has 0 bridgehead atoms. The third-order valence-corrected chi connectivity index (χ3v) is 11.5. The normalized spacial score (nSPS) is 14.8. The number of aliphatic hydroxyl groups is 1. The summed E-state index contributed by atoms with van der Waals surface area (Å²) in [5, 5.41) is 29.7. The Morgan fingerprint density at radius 2 is 1.56 bits per heavy atom. The lowest BCUT2D eigenvalue weighted by atomic mass is 9.93. The topological polar surface area (TPSA) is 252 Å². The number of pyridine rings is 1. The monoisotopic (exact) mass is 937 g/mol. The van der Waals surface area contributed by atoms with Gasteiger partial charge in [0.1, 0.15) is 24.7 Å². The van der Waals surface area contributed by atoms with E-state index in [9.17, 15) is 29.5 Å². The molecular formula is C47H59N11O10. The number of ketones is 1. The van der Waals surface area contributed by atoms with Crippen LogP contribution in [0.5, 0.6) is 5.75 Å². The van der Waals surface area contributed by atoms with E-state index in [-0.39, 0.29) is 48.0 Å². The third-order valence-electron chi connectivity index (χ3n) is 11.5. The Labute approximate surface area is 394 Å². The average Bonchev–Trinajstić information content (AvgIpc) is 4.06. The highest BCUT2D eigenvalue weighted by Gasteiger charge is 2.31. The number of piperidine rings is 1. The maximum absolute atomic E-state index is 13.8.